The van der Waals surface area contributed by atoms with Gasteiger partial charge in [0.05, 0.1) is 34.6 Å². The fourth-order valence-corrected chi connectivity index (χ4v) is 6.31. The summed E-state index contributed by atoms with van der Waals surface area (Å²) >= 11 is 0. The van der Waals surface area contributed by atoms with Crippen LogP contribution in [0.2, 0.25) is 0 Å². The number of aromatic nitrogens is 2. The van der Waals surface area contributed by atoms with Gasteiger partial charge in [-0.2, -0.15) is 0 Å². The minimum absolute atomic E-state index is 0. The third-order valence-corrected chi connectivity index (χ3v) is 8.89. The van der Waals surface area contributed by atoms with E-state index in [0.29, 0.717) is 34.7 Å². The van der Waals surface area contributed by atoms with Crippen molar-refractivity contribution < 1.29 is 22.7 Å². The number of amidine groups is 1. The zero-order chi connectivity index (χ0) is 32.0. The number of esters is 1. The Morgan fingerprint density at radius 2 is 1.63 bits per heavy atom. The van der Waals surface area contributed by atoms with Crippen LogP contribution in [0, 0.1) is 5.41 Å². The Morgan fingerprint density at radius 3 is 2.20 bits per heavy atom. The number of nitrogen functional groups attached to an aromatic ring is 1. The number of nitrogens with two attached hydrogens (primary N) is 2. The van der Waals surface area contributed by atoms with E-state index < -0.39 is 27.9 Å². The largest absolute Gasteiger partial charge is 0.466 e. The highest BCUT2D eigenvalue weighted by Crippen LogP contribution is 2.31. The lowest BCUT2D eigenvalue weighted by Crippen LogP contribution is -2.36. The second-order valence-corrected chi connectivity index (χ2v) is 12.3. The summed E-state index contributed by atoms with van der Waals surface area (Å²) in [4.78, 5) is 32.1. The molecular formula is C31H39Cl2N7O5S. The van der Waals surface area contributed by atoms with Gasteiger partial charge in [0.2, 0.25) is 5.91 Å². The molecule has 0 radical (unpaired) electrons. The fraction of sp³-hybridized carbons (Fsp3) is 0.290. The first-order valence-corrected chi connectivity index (χ1v) is 15.5. The second kappa shape index (κ2) is 16.4. The predicted molar refractivity (Wildman–Crippen MR) is 184 cm³/mol. The quantitative estimate of drug-likeness (QED) is 0.102. The first-order valence-electron chi connectivity index (χ1n) is 14.0. The number of benzene rings is 3. The summed E-state index contributed by atoms with van der Waals surface area (Å²) in [5.74, 6) is -0.959. The first kappa shape index (κ1) is 38.0. The molecule has 0 saturated carbocycles. The summed E-state index contributed by atoms with van der Waals surface area (Å²) in [6, 6.07) is 19.1. The number of carbonyl (C=O) groups is 2. The molecule has 5 N–H and O–H groups in total. The van der Waals surface area contributed by atoms with Gasteiger partial charge < -0.3 is 25.7 Å². The molecule has 0 aliphatic heterocycles. The summed E-state index contributed by atoms with van der Waals surface area (Å²) in [6.45, 7) is 2.46. The van der Waals surface area contributed by atoms with Crippen LogP contribution in [0.3, 0.4) is 0 Å². The van der Waals surface area contributed by atoms with E-state index >= 15 is 0 Å². The Morgan fingerprint density at radius 1 is 0.978 bits per heavy atom. The molecule has 0 fully saturated rings. The molecule has 1 atom stereocenters. The number of hydrogen-bond acceptors (Lipinski definition) is 8. The van der Waals surface area contributed by atoms with Crippen LogP contribution in [-0.4, -0.2) is 74.4 Å². The maximum absolute atomic E-state index is 13.8. The lowest BCUT2D eigenvalue weighted by atomic mass is 10.1. The summed E-state index contributed by atoms with van der Waals surface area (Å²) in [5.41, 5.74) is 14.1. The second-order valence-electron chi connectivity index (χ2n) is 10.5. The number of hydrogen-bond donors (Lipinski definition) is 3. The van der Waals surface area contributed by atoms with Gasteiger partial charge in [-0.25, -0.2) is 13.4 Å². The van der Waals surface area contributed by atoms with E-state index in [1.165, 1.54) is 4.31 Å². The molecular weight excluding hydrogens is 653 g/mol. The molecule has 0 bridgehead atoms. The number of fused-ring (bicyclic) bond motifs is 1. The number of carbonyl (C=O) groups excluding carboxylic acids is 2. The summed E-state index contributed by atoms with van der Waals surface area (Å²) in [5, 5.41) is 7.66. The summed E-state index contributed by atoms with van der Waals surface area (Å²) in [7, 11) is -0.200. The Balaban J connectivity index is 0.00000368. The highest BCUT2D eigenvalue weighted by molar-refractivity contribution is 7.92. The van der Waals surface area contributed by atoms with Crippen molar-refractivity contribution in [2.24, 2.45) is 11.5 Å². The van der Waals surface area contributed by atoms with Gasteiger partial charge >= 0.3 is 5.97 Å². The molecule has 0 aliphatic rings. The van der Waals surface area contributed by atoms with Crippen LogP contribution in [0.25, 0.3) is 11.0 Å². The summed E-state index contributed by atoms with van der Waals surface area (Å²) < 4.78 is 35.7. The van der Waals surface area contributed by atoms with Gasteiger partial charge in [-0.3, -0.25) is 19.3 Å². The normalized spacial score (nSPS) is 11.7. The Labute approximate surface area is 281 Å². The highest BCUT2D eigenvalue weighted by Gasteiger charge is 2.29. The van der Waals surface area contributed by atoms with Crippen LogP contribution >= 0.6 is 24.8 Å². The molecule has 1 amide bonds. The monoisotopic (exact) mass is 691 g/mol. The molecule has 0 aliphatic carbocycles. The number of nitrogens with zero attached hydrogens (tertiary/aromatic N) is 4. The number of ether oxygens (including phenoxy) is 1. The summed E-state index contributed by atoms with van der Waals surface area (Å²) in [6.07, 6.45) is -0.0501. The van der Waals surface area contributed by atoms with E-state index in [1.54, 1.807) is 84.3 Å². The van der Waals surface area contributed by atoms with E-state index in [0.717, 1.165) is 5.56 Å². The highest BCUT2D eigenvalue weighted by atomic mass is 35.5. The van der Waals surface area contributed by atoms with Gasteiger partial charge in [0.1, 0.15) is 17.7 Å². The van der Waals surface area contributed by atoms with E-state index in [9.17, 15) is 18.0 Å². The van der Waals surface area contributed by atoms with Gasteiger partial charge in [0.25, 0.3) is 10.0 Å². The van der Waals surface area contributed by atoms with Crippen molar-refractivity contribution in [1.82, 2.24) is 14.5 Å². The maximum atomic E-state index is 13.8. The number of amides is 1. The molecule has 1 heterocycles. The standard InChI is InChI=1S/C31H37N7O5S.2ClH/c1-4-43-29(39)20-27(31(34)40)38-26-15-14-23(37(17-16-36(2)3)44(41,42)24-8-6-5-7-9-24)19-25(26)35-28(38)18-21-10-12-22(13-11-21)30(32)33;;/h5-15,19,27H,4,16-18,20H2,1-3H3,(H3,32,33)(H2,34,40);2*1H. The molecule has 248 valence electrons. The fourth-order valence-electron chi connectivity index (χ4n) is 4.84. The van der Waals surface area contributed by atoms with Crippen molar-refractivity contribution in [2.75, 3.05) is 38.1 Å². The number of anilines is 1. The van der Waals surface area contributed by atoms with E-state index in [1.807, 2.05) is 19.0 Å². The third-order valence-electron chi connectivity index (χ3n) is 7.05. The van der Waals surface area contributed by atoms with E-state index in [4.69, 9.17) is 26.6 Å². The lowest BCUT2D eigenvalue weighted by molar-refractivity contribution is -0.145. The minimum atomic E-state index is -3.92. The first-order chi connectivity index (χ1) is 20.9. The minimum Gasteiger partial charge on any atom is -0.466 e. The van der Waals surface area contributed by atoms with Gasteiger partial charge in [-0.05, 0) is 56.9 Å². The van der Waals surface area contributed by atoms with Crippen molar-refractivity contribution in [3.8, 4) is 0 Å². The molecule has 1 unspecified atom stereocenters. The van der Waals surface area contributed by atoms with Crippen LogP contribution in [0.15, 0.2) is 77.7 Å². The van der Waals surface area contributed by atoms with Crippen molar-refractivity contribution in [2.45, 2.75) is 30.7 Å². The van der Waals surface area contributed by atoms with Crippen molar-refractivity contribution in [1.29, 1.82) is 5.41 Å². The van der Waals surface area contributed by atoms with Crippen LogP contribution in [0.1, 0.15) is 36.3 Å². The topological polar surface area (TPSA) is 178 Å². The van der Waals surface area contributed by atoms with E-state index in [2.05, 4.69) is 0 Å². The zero-order valence-corrected chi connectivity index (χ0v) is 28.2. The van der Waals surface area contributed by atoms with Gasteiger partial charge in [-0.1, -0.05) is 42.5 Å². The SMILES string of the molecule is CCOC(=O)CC(C(N)=O)n1c(Cc2ccc(C(=N)N)cc2)nc2cc(N(CCN(C)C)S(=O)(=O)c3ccccc3)ccc21.Cl.Cl. The number of likely N-dealkylation sites (N-methyl/N-ethyl adjacent to an activating group) is 1. The number of sulfonamides is 1. The number of nitrogens with one attached hydrogen (secondary N) is 1. The third kappa shape index (κ3) is 8.75. The molecule has 0 spiro atoms. The van der Waals surface area contributed by atoms with Gasteiger partial charge in [0.15, 0.2) is 0 Å². The van der Waals surface area contributed by atoms with Crippen molar-refractivity contribution in [3.63, 3.8) is 0 Å². The Hall–Kier alpha value is -4.17. The van der Waals surface area contributed by atoms with Crippen LogP contribution in [-0.2, 0) is 30.8 Å². The number of rotatable bonds is 14. The molecule has 4 rings (SSSR count). The van der Waals surface area contributed by atoms with Crippen LogP contribution in [0.5, 0.6) is 0 Å². The van der Waals surface area contributed by atoms with Crippen LogP contribution < -0.4 is 15.8 Å². The zero-order valence-electron chi connectivity index (χ0n) is 25.8. The van der Waals surface area contributed by atoms with Gasteiger partial charge in [0, 0.05) is 25.1 Å². The average molecular weight is 693 g/mol. The molecule has 46 heavy (non-hydrogen) atoms. The molecule has 3 aromatic carbocycles. The van der Waals surface area contributed by atoms with Crippen molar-refractivity contribution >= 4 is 69.3 Å². The van der Waals surface area contributed by atoms with Crippen molar-refractivity contribution in [3.05, 3.63) is 89.7 Å². The van der Waals surface area contributed by atoms with Gasteiger partial charge in [-0.15, -0.1) is 24.8 Å². The number of primary amides is 1. The number of imidazole rings is 1. The molecule has 1 aromatic heterocycles. The molecule has 0 saturated heterocycles. The Kier molecular flexibility index (Phi) is 13.6. The predicted octanol–water partition coefficient (Wildman–Crippen LogP) is 3.49. The molecule has 12 nitrogen and oxygen atoms in total. The average Bonchev–Trinajstić information content (AvgIpc) is 3.33. The molecule has 15 heteroatoms. The lowest BCUT2D eigenvalue weighted by Gasteiger charge is -2.26. The Bertz CT molecular complexity index is 1770. The van der Waals surface area contributed by atoms with Crippen LogP contribution in [0.4, 0.5) is 5.69 Å². The smallest absolute Gasteiger partial charge is 0.308 e. The number of halogens is 2. The maximum Gasteiger partial charge on any atom is 0.308 e. The van der Waals surface area contributed by atoms with E-state index in [-0.39, 0.29) is 61.5 Å². The molecule has 4 aromatic rings.